The summed E-state index contributed by atoms with van der Waals surface area (Å²) < 4.78 is 0. The van der Waals surface area contributed by atoms with Crippen LogP contribution in [-0.2, 0) is 4.79 Å². The number of nitrogens with zero attached hydrogens (tertiary/aromatic N) is 2. The summed E-state index contributed by atoms with van der Waals surface area (Å²) >= 11 is 0. The van der Waals surface area contributed by atoms with Gasteiger partial charge in [-0.1, -0.05) is 17.7 Å². The van der Waals surface area contributed by atoms with Gasteiger partial charge in [0, 0.05) is 25.6 Å². The highest BCUT2D eigenvalue weighted by Crippen LogP contribution is 2.14. The number of benzene rings is 1. The lowest BCUT2D eigenvalue weighted by molar-refractivity contribution is -0.118. The second-order valence-electron chi connectivity index (χ2n) is 3.45. The predicted molar refractivity (Wildman–Crippen MR) is 59.4 cm³/mol. The number of rotatable bonds is 3. The Morgan fingerprint density at radius 2 is 2.00 bits per heavy atom. The first-order chi connectivity index (χ1) is 7.15. The number of anilines is 1. The molecule has 0 spiro atoms. The van der Waals surface area contributed by atoms with Gasteiger partial charge in [-0.25, -0.2) is 0 Å². The van der Waals surface area contributed by atoms with E-state index in [1.165, 1.54) is 0 Å². The molecule has 1 rings (SSSR count). The average Bonchev–Trinajstić information content (AvgIpc) is 2.26. The Morgan fingerprint density at radius 3 is 2.53 bits per heavy atom. The number of hydrogen-bond donors (Lipinski definition) is 0. The highest BCUT2D eigenvalue weighted by molar-refractivity contribution is 5.92. The Hall–Kier alpha value is -1.82. The third-order valence-electron chi connectivity index (χ3n) is 2.25. The second kappa shape index (κ2) is 5.16. The molecule has 1 amide bonds. The van der Waals surface area contributed by atoms with E-state index in [4.69, 9.17) is 5.26 Å². The number of aryl methyl sites for hydroxylation is 1. The molecule has 78 valence electrons. The van der Waals surface area contributed by atoms with Gasteiger partial charge in [-0.2, -0.15) is 5.26 Å². The first-order valence-electron chi connectivity index (χ1n) is 4.85. The summed E-state index contributed by atoms with van der Waals surface area (Å²) in [6, 6.07) is 9.69. The van der Waals surface area contributed by atoms with E-state index < -0.39 is 0 Å². The van der Waals surface area contributed by atoms with Gasteiger partial charge in [0.15, 0.2) is 0 Å². The molecule has 3 heteroatoms. The SMILES string of the molecule is Cc1ccc(N(C)C(=O)CCC#N)cc1. The van der Waals surface area contributed by atoms with Crippen LogP contribution in [0.2, 0.25) is 0 Å². The maximum atomic E-state index is 11.6. The van der Waals surface area contributed by atoms with Crippen molar-refractivity contribution in [1.29, 1.82) is 5.26 Å². The Bertz CT molecular complexity index is 376. The maximum absolute atomic E-state index is 11.6. The normalized spacial score (nSPS) is 9.40. The number of carbonyl (C=O) groups excluding carboxylic acids is 1. The van der Waals surface area contributed by atoms with Crippen LogP contribution in [0.3, 0.4) is 0 Å². The fourth-order valence-electron chi connectivity index (χ4n) is 1.24. The zero-order valence-electron chi connectivity index (χ0n) is 9.03. The van der Waals surface area contributed by atoms with Gasteiger partial charge >= 0.3 is 0 Å². The molecular weight excluding hydrogens is 188 g/mol. The molecule has 0 aliphatic rings. The number of carbonyl (C=O) groups is 1. The molecular formula is C12H14N2O. The molecule has 0 saturated carbocycles. The molecule has 0 N–H and O–H groups in total. The summed E-state index contributed by atoms with van der Waals surface area (Å²) in [5.41, 5.74) is 2.03. The van der Waals surface area contributed by atoms with Gasteiger partial charge in [0.2, 0.25) is 5.91 Å². The van der Waals surface area contributed by atoms with Crippen LogP contribution < -0.4 is 4.90 Å². The molecule has 1 aromatic rings. The van der Waals surface area contributed by atoms with Crippen LogP contribution in [0.15, 0.2) is 24.3 Å². The molecule has 0 fully saturated rings. The van der Waals surface area contributed by atoms with Crippen molar-refractivity contribution in [1.82, 2.24) is 0 Å². The van der Waals surface area contributed by atoms with Gasteiger partial charge in [0.1, 0.15) is 0 Å². The zero-order valence-corrected chi connectivity index (χ0v) is 9.03. The van der Waals surface area contributed by atoms with Crippen LogP contribution >= 0.6 is 0 Å². The topological polar surface area (TPSA) is 44.1 Å². The largest absolute Gasteiger partial charge is 0.315 e. The lowest BCUT2D eigenvalue weighted by Crippen LogP contribution is -2.25. The second-order valence-corrected chi connectivity index (χ2v) is 3.45. The highest BCUT2D eigenvalue weighted by Gasteiger charge is 2.09. The molecule has 0 unspecified atom stereocenters. The van der Waals surface area contributed by atoms with Gasteiger partial charge < -0.3 is 4.90 Å². The molecule has 1 aromatic carbocycles. The van der Waals surface area contributed by atoms with E-state index in [1.54, 1.807) is 11.9 Å². The van der Waals surface area contributed by atoms with Crippen molar-refractivity contribution < 1.29 is 4.79 Å². The van der Waals surface area contributed by atoms with Crippen molar-refractivity contribution in [3.63, 3.8) is 0 Å². The molecule has 15 heavy (non-hydrogen) atoms. The summed E-state index contributed by atoms with van der Waals surface area (Å²) in [7, 11) is 1.73. The van der Waals surface area contributed by atoms with Crippen LogP contribution in [-0.4, -0.2) is 13.0 Å². The number of nitriles is 1. The van der Waals surface area contributed by atoms with E-state index >= 15 is 0 Å². The molecule has 0 atom stereocenters. The third-order valence-corrected chi connectivity index (χ3v) is 2.25. The summed E-state index contributed by atoms with van der Waals surface area (Å²) in [6.07, 6.45) is 0.551. The predicted octanol–water partition coefficient (Wildman–Crippen LogP) is 2.26. The van der Waals surface area contributed by atoms with Crippen molar-refractivity contribution in [2.45, 2.75) is 19.8 Å². The van der Waals surface area contributed by atoms with Crippen LogP contribution in [0, 0.1) is 18.3 Å². The molecule has 0 aliphatic heterocycles. The fraction of sp³-hybridized carbons (Fsp3) is 0.333. The van der Waals surface area contributed by atoms with Crippen LogP contribution in [0.25, 0.3) is 0 Å². The quantitative estimate of drug-likeness (QED) is 0.754. The monoisotopic (exact) mass is 202 g/mol. The molecule has 0 aliphatic carbocycles. The summed E-state index contributed by atoms with van der Waals surface area (Å²) in [5.74, 6) is -0.0274. The Morgan fingerprint density at radius 1 is 1.40 bits per heavy atom. The average molecular weight is 202 g/mol. The minimum atomic E-state index is -0.0274. The third kappa shape index (κ3) is 3.10. The van der Waals surface area contributed by atoms with Crippen LogP contribution in [0.4, 0.5) is 5.69 Å². The number of amides is 1. The standard InChI is InChI=1S/C12H14N2O/c1-10-5-7-11(8-6-10)14(2)12(15)4-3-9-13/h5-8H,3-4H2,1-2H3. The van der Waals surface area contributed by atoms with Crippen LogP contribution in [0.1, 0.15) is 18.4 Å². The molecule has 3 nitrogen and oxygen atoms in total. The van der Waals surface area contributed by atoms with E-state index in [0.717, 1.165) is 11.3 Å². The van der Waals surface area contributed by atoms with Crippen molar-refractivity contribution >= 4 is 11.6 Å². The minimum absolute atomic E-state index is 0.0274. The molecule has 0 heterocycles. The van der Waals surface area contributed by atoms with E-state index in [2.05, 4.69) is 0 Å². The lowest BCUT2D eigenvalue weighted by atomic mass is 10.2. The zero-order chi connectivity index (χ0) is 11.3. The van der Waals surface area contributed by atoms with Gasteiger partial charge in [-0.3, -0.25) is 4.79 Å². The molecule has 0 bridgehead atoms. The first kappa shape index (κ1) is 11.3. The van der Waals surface area contributed by atoms with E-state index in [1.807, 2.05) is 37.3 Å². The van der Waals surface area contributed by atoms with Crippen molar-refractivity contribution in [2.24, 2.45) is 0 Å². The summed E-state index contributed by atoms with van der Waals surface area (Å²) in [5, 5.41) is 8.38. The van der Waals surface area contributed by atoms with E-state index in [9.17, 15) is 4.79 Å². The van der Waals surface area contributed by atoms with E-state index in [0.29, 0.717) is 0 Å². The molecule has 0 saturated heterocycles. The number of hydrogen-bond acceptors (Lipinski definition) is 2. The maximum Gasteiger partial charge on any atom is 0.227 e. The lowest BCUT2D eigenvalue weighted by Gasteiger charge is -2.16. The van der Waals surface area contributed by atoms with Gasteiger partial charge in [-0.05, 0) is 19.1 Å². The minimum Gasteiger partial charge on any atom is -0.315 e. The Balaban J connectivity index is 2.68. The van der Waals surface area contributed by atoms with Crippen molar-refractivity contribution in [3.8, 4) is 6.07 Å². The molecule has 0 radical (unpaired) electrons. The van der Waals surface area contributed by atoms with Gasteiger partial charge in [0.25, 0.3) is 0 Å². The first-order valence-corrected chi connectivity index (χ1v) is 4.85. The van der Waals surface area contributed by atoms with Crippen LogP contribution in [0.5, 0.6) is 0 Å². The van der Waals surface area contributed by atoms with Gasteiger partial charge in [0.05, 0.1) is 6.07 Å². The fourth-order valence-corrected chi connectivity index (χ4v) is 1.24. The highest BCUT2D eigenvalue weighted by atomic mass is 16.2. The Kier molecular flexibility index (Phi) is 3.87. The van der Waals surface area contributed by atoms with Gasteiger partial charge in [-0.15, -0.1) is 0 Å². The molecule has 0 aromatic heterocycles. The van der Waals surface area contributed by atoms with E-state index in [-0.39, 0.29) is 18.7 Å². The summed E-state index contributed by atoms with van der Waals surface area (Å²) in [4.78, 5) is 13.1. The van der Waals surface area contributed by atoms with Crippen molar-refractivity contribution in [3.05, 3.63) is 29.8 Å². The smallest absolute Gasteiger partial charge is 0.227 e. The Labute approximate surface area is 89.9 Å². The van der Waals surface area contributed by atoms with Crippen molar-refractivity contribution in [2.75, 3.05) is 11.9 Å². The summed E-state index contributed by atoms with van der Waals surface area (Å²) in [6.45, 7) is 2.00.